The molecule has 8 nitrogen and oxygen atoms in total. The van der Waals surface area contributed by atoms with Gasteiger partial charge in [0, 0.05) is 17.6 Å². The second-order valence-electron chi connectivity index (χ2n) is 10.0. The summed E-state index contributed by atoms with van der Waals surface area (Å²) in [4.78, 5) is 28.0. The maximum atomic E-state index is 13.7. The van der Waals surface area contributed by atoms with Gasteiger partial charge in [0.15, 0.2) is 0 Å². The third-order valence-electron chi connectivity index (χ3n) is 6.17. The van der Waals surface area contributed by atoms with Crippen molar-refractivity contribution in [1.29, 1.82) is 0 Å². The molecule has 3 aromatic rings. The summed E-state index contributed by atoms with van der Waals surface area (Å²) in [6, 6.07) is 22.8. The lowest BCUT2D eigenvalue weighted by atomic mass is 10.1. The van der Waals surface area contributed by atoms with Gasteiger partial charge in [0.2, 0.25) is 21.8 Å². The van der Waals surface area contributed by atoms with Crippen molar-refractivity contribution in [3.05, 3.63) is 94.5 Å². The van der Waals surface area contributed by atoms with Gasteiger partial charge in [0.25, 0.3) is 0 Å². The van der Waals surface area contributed by atoms with E-state index in [2.05, 4.69) is 21.2 Å². The smallest absolute Gasteiger partial charge is 0.244 e. The highest BCUT2D eigenvalue weighted by molar-refractivity contribution is 9.10. The number of sulfonamides is 1. The number of carbonyl (C=O) groups excluding carboxylic acids is 2. The highest BCUT2D eigenvalue weighted by atomic mass is 79.9. The molecule has 0 aliphatic carbocycles. The normalized spacial score (nSPS) is 12.1. The van der Waals surface area contributed by atoms with Crippen LogP contribution in [0.5, 0.6) is 5.75 Å². The topological polar surface area (TPSA) is 96.0 Å². The Bertz CT molecular complexity index is 1360. The van der Waals surface area contributed by atoms with Crippen LogP contribution in [0.25, 0.3) is 0 Å². The summed E-state index contributed by atoms with van der Waals surface area (Å²) in [5, 5.41) is 2.87. The van der Waals surface area contributed by atoms with Crippen molar-refractivity contribution >= 4 is 43.5 Å². The van der Waals surface area contributed by atoms with Crippen molar-refractivity contribution < 1.29 is 22.7 Å². The quantitative estimate of drug-likeness (QED) is 0.288. The van der Waals surface area contributed by atoms with Crippen LogP contribution in [0.3, 0.4) is 0 Å². The Balaban J connectivity index is 1.80. The van der Waals surface area contributed by atoms with Crippen LogP contribution in [0.15, 0.2) is 83.3 Å². The average Bonchev–Trinajstić information content (AvgIpc) is 2.93. The molecular formula is C30H36BrN3O5S. The van der Waals surface area contributed by atoms with E-state index in [1.54, 1.807) is 31.2 Å². The first-order valence-electron chi connectivity index (χ1n) is 13.0. The fourth-order valence-corrected chi connectivity index (χ4v) is 5.00. The van der Waals surface area contributed by atoms with Crippen LogP contribution in [0.1, 0.15) is 31.9 Å². The highest BCUT2D eigenvalue weighted by Gasteiger charge is 2.30. The predicted molar refractivity (Wildman–Crippen MR) is 161 cm³/mol. The molecule has 0 saturated heterocycles. The standard InChI is InChI=1S/C30H36BrN3O5S/c1-22(2)18-32-30(36)23(3)33(19-24-10-12-26(31)13-11-24)29(35)20-34(40(4,37)38)27-14-16-28(17-15-27)39-21-25-8-6-5-7-9-25/h5-17,22-23H,18-21H2,1-4H3,(H,32,36)/t23-/m1/s1. The zero-order valence-electron chi connectivity index (χ0n) is 23.2. The van der Waals surface area contributed by atoms with E-state index in [1.165, 1.54) is 4.90 Å². The van der Waals surface area contributed by atoms with Crippen molar-refractivity contribution in [3.63, 3.8) is 0 Å². The van der Waals surface area contributed by atoms with E-state index in [0.717, 1.165) is 26.2 Å². The predicted octanol–water partition coefficient (Wildman–Crippen LogP) is 4.98. The molecule has 0 aromatic heterocycles. The van der Waals surface area contributed by atoms with Crippen LogP contribution in [0.4, 0.5) is 5.69 Å². The molecule has 0 spiro atoms. The second kappa shape index (κ2) is 14.3. The number of ether oxygens (including phenoxy) is 1. The second-order valence-corrected chi connectivity index (χ2v) is 12.8. The van der Waals surface area contributed by atoms with Gasteiger partial charge in [-0.3, -0.25) is 13.9 Å². The molecule has 40 heavy (non-hydrogen) atoms. The summed E-state index contributed by atoms with van der Waals surface area (Å²) >= 11 is 3.41. The number of halogens is 1. The molecule has 214 valence electrons. The minimum atomic E-state index is -3.82. The fraction of sp³-hybridized carbons (Fsp3) is 0.333. The number of amides is 2. The van der Waals surface area contributed by atoms with Gasteiger partial charge in [0.1, 0.15) is 24.9 Å². The van der Waals surface area contributed by atoms with Gasteiger partial charge in [0.05, 0.1) is 11.9 Å². The number of hydrogen-bond acceptors (Lipinski definition) is 5. The molecule has 0 fully saturated rings. The molecule has 2 amide bonds. The largest absolute Gasteiger partial charge is 0.489 e. The Morgan fingerprint density at radius 3 is 2.10 bits per heavy atom. The van der Waals surface area contributed by atoms with Crippen LogP contribution in [-0.2, 0) is 32.8 Å². The monoisotopic (exact) mass is 629 g/mol. The summed E-state index contributed by atoms with van der Waals surface area (Å²) in [5.74, 6) is 0.0155. The SMILES string of the molecule is CC(C)CNC(=O)[C@@H](C)N(Cc1ccc(Br)cc1)C(=O)CN(c1ccc(OCc2ccccc2)cc1)S(C)(=O)=O. The lowest BCUT2D eigenvalue weighted by molar-refractivity contribution is -0.139. The van der Waals surface area contributed by atoms with Gasteiger partial charge in [-0.2, -0.15) is 0 Å². The van der Waals surface area contributed by atoms with Crippen LogP contribution in [0, 0.1) is 5.92 Å². The van der Waals surface area contributed by atoms with Gasteiger partial charge in [-0.1, -0.05) is 72.2 Å². The molecular weight excluding hydrogens is 594 g/mol. The summed E-state index contributed by atoms with van der Waals surface area (Å²) < 4.78 is 33.3. The summed E-state index contributed by atoms with van der Waals surface area (Å²) in [6.45, 7) is 6.15. The van der Waals surface area contributed by atoms with Crippen molar-refractivity contribution in [2.45, 2.75) is 40.0 Å². The molecule has 0 aliphatic rings. The zero-order valence-corrected chi connectivity index (χ0v) is 25.6. The van der Waals surface area contributed by atoms with Gasteiger partial charge in [-0.15, -0.1) is 0 Å². The van der Waals surface area contributed by atoms with E-state index in [0.29, 0.717) is 24.6 Å². The fourth-order valence-electron chi connectivity index (χ4n) is 3.88. The van der Waals surface area contributed by atoms with E-state index in [1.807, 2.05) is 68.4 Å². The molecule has 3 aromatic carbocycles. The van der Waals surface area contributed by atoms with E-state index in [-0.39, 0.29) is 18.4 Å². The van der Waals surface area contributed by atoms with Crippen molar-refractivity contribution in [2.24, 2.45) is 5.92 Å². The number of nitrogens with one attached hydrogen (secondary N) is 1. The molecule has 3 rings (SSSR count). The maximum Gasteiger partial charge on any atom is 0.244 e. The Morgan fingerprint density at radius 1 is 0.900 bits per heavy atom. The minimum absolute atomic E-state index is 0.145. The molecule has 0 heterocycles. The van der Waals surface area contributed by atoms with Gasteiger partial charge in [-0.25, -0.2) is 8.42 Å². The molecule has 0 bridgehead atoms. The summed E-state index contributed by atoms with van der Waals surface area (Å²) in [7, 11) is -3.82. The lowest BCUT2D eigenvalue weighted by Gasteiger charge is -2.31. The Labute approximate surface area is 245 Å². The molecule has 1 N–H and O–H groups in total. The Kier molecular flexibility index (Phi) is 11.2. The van der Waals surface area contributed by atoms with E-state index >= 15 is 0 Å². The van der Waals surface area contributed by atoms with Gasteiger partial charge >= 0.3 is 0 Å². The van der Waals surface area contributed by atoms with E-state index in [9.17, 15) is 18.0 Å². The molecule has 0 aliphatic heterocycles. The summed E-state index contributed by atoms with van der Waals surface area (Å²) in [6.07, 6.45) is 1.05. The minimum Gasteiger partial charge on any atom is -0.489 e. The first-order valence-corrected chi connectivity index (χ1v) is 15.6. The third kappa shape index (κ3) is 9.38. The third-order valence-corrected chi connectivity index (χ3v) is 7.84. The van der Waals surface area contributed by atoms with Gasteiger partial charge in [-0.05, 0) is 60.4 Å². The highest BCUT2D eigenvalue weighted by Crippen LogP contribution is 2.23. The lowest BCUT2D eigenvalue weighted by Crippen LogP contribution is -2.51. The Hall–Kier alpha value is -3.37. The van der Waals surface area contributed by atoms with Crippen LogP contribution < -0.4 is 14.4 Å². The number of rotatable bonds is 13. The van der Waals surface area contributed by atoms with Crippen LogP contribution in [-0.4, -0.2) is 50.5 Å². The average molecular weight is 631 g/mol. The van der Waals surface area contributed by atoms with Crippen molar-refractivity contribution in [2.75, 3.05) is 23.7 Å². The number of benzene rings is 3. The molecule has 0 unspecified atom stereocenters. The number of carbonyl (C=O) groups is 2. The molecule has 1 atom stereocenters. The number of hydrogen-bond donors (Lipinski definition) is 1. The van der Waals surface area contributed by atoms with Crippen LogP contribution >= 0.6 is 15.9 Å². The van der Waals surface area contributed by atoms with Crippen LogP contribution in [0.2, 0.25) is 0 Å². The zero-order chi connectivity index (χ0) is 29.3. The van der Waals surface area contributed by atoms with Crippen molar-refractivity contribution in [3.8, 4) is 5.75 Å². The first-order chi connectivity index (χ1) is 18.9. The molecule has 10 heteroatoms. The number of anilines is 1. The van der Waals surface area contributed by atoms with E-state index in [4.69, 9.17) is 4.74 Å². The van der Waals surface area contributed by atoms with E-state index < -0.39 is 28.5 Å². The summed E-state index contributed by atoms with van der Waals surface area (Å²) in [5.41, 5.74) is 2.14. The first kappa shape index (κ1) is 31.2. The van der Waals surface area contributed by atoms with Crippen molar-refractivity contribution in [1.82, 2.24) is 10.2 Å². The van der Waals surface area contributed by atoms with Gasteiger partial charge < -0.3 is 15.0 Å². The molecule has 0 radical (unpaired) electrons. The maximum absolute atomic E-state index is 13.7. The Morgan fingerprint density at radius 2 is 1.52 bits per heavy atom. The molecule has 0 saturated carbocycles. The number of nitrogens with zero attached hydrogens (tertiary/aromatic N) is 2.